The normalized spacial score (nSPS) is 21.6. The standard InChI is InChI=1S/C22H23F2NO4/c1-27-19-6-5-14(9-20(19)29-17-7-8-28-13-17)16-10-21(26)25(12-16)11-15-3-2-4-18(23)22(15)24/h2-6,9,16-17H,7-8,10-13H2,1H3/t16-,17-/m1/s1. The van der Waals surface area contributed by atoms with Crippen LogP contribution in [0.1, 0.15) is 29.9 Å². The lowest BCUT2D eigenvalue weighted by Gasteiger charge is -2.19. The van der Waals surface area contributed by atoms with Crippen LogP contribution < -0.4 is 9.47 Å². The van der Waals surface area contributed by atoms with Crippen molar-refractivity contribution in [1.82, 2.24) is 4.90 Å². The number of carbonyl (C=O) groups is 1. The van der Waals surface area contributed by atoms with Crippen molar-refractivity contribution in [2.45, 2.75) is 31.4 Å². The summed E-state index contributed by atoms with van der Waals surface area (Å²) in [5.74, 6) is -0.680. The summed E-state index contributed by atoms with van der Waals surface area (Å²) in [4.78, 5) is 14.1. The van der Waals surface area contributed by atoms with Crippen LogP contribution in [0.15, 0.2) is 36.4 Å². The second-order valence-corrected chi connectivity index (χ2v) is 7.40. The molecular weight excluding hydrogens is 380 g/mol. The van der Waals surface area contributed by atoms with E-state index in [1.807, 2.05) is 18.2 Å². The quantitative estimate of drug-likeness (QED) is 0.739. The van der Waals surface area contributed by atoms with Crippen LogP contribution in [0.4, 0.5) is 8.78 Å². The third kappa shape index (κ3) is 4.19. The van der Waals surface area contributed by atoms with Crippen molar-refractivity contribution in [3.8, 4) is 11.5 Å². The zero-order chi connectivity index (χ0) is 20.4. The predicted molar refractivity (Wildman–Crippen MR) is 102 cm³/mol. The van der Waals surface area contributed by atoms with Gasteiger partial charge in [0.05, 0.1) is 20.3 Å². The van der Waals surface area contributed by atoms with Crippen molar-refractivity contribution in [3.63, 3.8) is 0 Å². The maximum Gasteiger partial charge on any atom is 0.223 e. The SMILES string of the molecule is COc1ccc([C@@H]2CC(=O)N(Cc3cccc(F)c3F)C2)cc1O[C@@H]1CCOC1. The first-order valence-electron chi connectivity index (χ1n) is 9.68. The number of rotatable bonds is 6. The Bertz CT molecular complexity index is 898. The van der Waals surface area contributed by atoms with Crippen molar-refractivity contribution in [2.75, 3.05) is 26.9 Å². The van der Waals surface area contributed by atoms with Gasteiger partial charge in [-0.25, -0.2) is 8.78 Å². The Morgan fingerprint density at radius 2 is 2.07 bits per heavy atom. The van der Waals surface area contributed by atoms with Crippen molar-refractivity contribution in [1.29, 1.82) is 0 Å². The highest BCUT2D eigenvalue weighted by molar-refractivity contribution is 5.79. The number of hydrogen-bond donors (Lipinski definition) is 0. The van der Waals surface area contributed by atoms with Gasteiger partial charge in [0.2, 0.25) is 5.91 Å². The first-order valence-corrected chi connectivity index (χ1v) is 9.68. The predicted octanol–water partition coefficient (Wildman–Crippen LogP) is 3.66. The summed E-state index contributed by atoms with van der Waals surface area (Å²) in [6.07, 6.45) is 1.12. The first kappa shape index (κ1) is 19.6. The fourth-order valence-electron chi connectivity index (χ4n) is 3.85. The molecule has 0 unspecified atom stereocenters. The number of amides is 1. The third-order valence-electron chi connectivity index (χ3n) is 5.45. The van der Waals surface area contributed by atoms with Gasteiger partial charge in [0.25, 0.3) is 0 Å². The highest BCUT2D eigenvalue weighted by atomic mass is 19.2. The van der Waals surface area contributed by atoms with E-state index in [1.165, 1.54) is 12.1 Å². The van der Waals surface area contributed by atoms with Gasteiger partial charge in [-0.2, -0.15) is 0 Å². The number of ether oxygens (including phenoxy) is 3. The van der Waals surface area contributed by atoms with E-state index >= 15 is 0 Å². The molecule has 29 heavy (non-hydrogen) atoms. The molecule has 0 aliphatic carbocycles. The summed E-state index contributed by atoms with van der Waals surface area (Å²) < 4.78 is 44.2. The molecule has 0 saturated carbocycles. The van der Waals surface area contributed by atoms with Gasteiger partial charge in [0.1, 0.15) is 6.10 Å². The second kappa shape index (κ2) is 8.37. The second-order valence-electron chi connectivity index (χ2n) is 7.40. The van der Waals surface area contributed by atoms with Gasteiger partial charge in [-0.1, -0.05) is 18.2 Å². The lowest BCUT2D eigenvalue weighted by atomic mass is 9.98. The molecule has 2 aliphatic rings. The van der Waals surface area contributed by atoms with Crippen molar-refractivity contribution in [3.05, 3.63) is 59.2 Å². The smallest absolute Gasteiger partial charge is 0.223 e. The van der Waals surface area contributed by atoms with Gasteiger partial charge >= 0.3 is 0 Å². The summed E-state index contributed by atoms with van der Waals surface area (Å²) in [5.41, 5.74) is 1.13. The fourth-order valence-corrected chi connectivity index (χ4v) is 3.85. The van der Waals surface area contributed by atoms with Gasteiger partial charge < -0.3 is 19.1 Å². The van der Waals surface area contributed by atoms with Crippen molar-refractivity contribution >= 4 is 5.91 Å². The molecule has 0 aromatic heterocycles. The third-order valence-corrected chi connectivity index (χ3v) is 5.45. The van der Waals surface area contributed by atoms with Crippen LogP contribution in [0.2, 0.25) is 0 Å². The zero-order valence-corrected chi connectivity index (χ0v) is 16.2. The summed E-state index contributed by atoms with van der Waals surface area (Å²) in [5, 5.41) is 0. The molecule has 4 rings (SSSR count). The molecule has 154 valence electrons. The van der Waals surface area contributed by atoms with E-state index in [-0.39, 0.29) is 30.0 Å². The van der Waals surface area contributed by atoms with Crippen molar-refractivity contribution in [2.24, 2.45) is 0 Å². The number of methoxy groups -OCH3 is 1. The zero-order valence-electron chi connectivity index (χ0n) is 16.2. The van der Waals surface area contributed by atoms with E-state index < -0.39 is 11.6 Å². The minimum atomic E-state index is -0.904. The molecule has 0 radical (unpaired) electrons. The highest BCUT2D eigenvalue weighted by Crippen LogP contribution is 2.36. The van der Waals surface area contributed by atoms with Crippen LogP contribution in [0, 0.1) is 11.6 Å². The van der Waals surface area contributed by atoms with E-state index in [0.29, 0.717) is 37.7 Å². The molecule has 5 nitrogen and oxygen atoms in total. The number of carbonyl (C=O) groups excluding carboxylic acids is 1. The first-order chi connectivity index (χ1) is 14.0. The van der Waals surface area contributed by atoms with Crippen molar-refractivity contribution < 1.29 is 27.8 Å². The van der Waals surface area contributed by atoms with Gasteiger partial charge in [-0.3, -0.25) is 4.79 Å². The van der Waals surface area contributed by atoms with Gasteiger partial charge in [-0.15, -0.1) is 0 Å². The number of halogens is 2. The molecule has 2 aromatic rings. The average molecular weight is 403 g/mol. The summed E-state index contributed by atoms with van der Waals surface area (Å²) in [6.45, 7) is 1.71. The molecule has 1 amide bonds. The minimum absolute atomic E-state index is 0.0168. The van der Waals surface area contributed by atoms with Gasteiger partial charge in [-0.05, 0) is 23.8 Å². The molecule has 2 saturated heterocycles. The maximum absolute atomic E-state index is 14.0. The van der Waals surface area contributed by atoms with E-state index in [0.717, 1.165) is 18.1 Å². The molecule has 0 spiro atoms. The monoisotopic (exact) mass is 403 g/mol. The van der Waals surface area contributed by atoms with Crippen LogP contribution in [0.5, 0.6) is 11.5 Å². The Morgan fingerprint density at radius 1 is 1.21 bits per heavy atom. The van der Waals surface area contributed by atoms with Crippen LogP contribution in [-0.2, 0) is 16.1 Å². The molecule has 2 fully saturated rings. The molecule has 2 aromatic carbocycles. The van der Waals surface area contributed by atoms with E-state index in [4.69, 9.17) is 14.2 Å². The van der Waals surface area contributed by atoms with Crippen LogP contribution in [0.3, 0.4) is 0 Å². The summed E-state index contributed by atoms with van der Waals surface area (Å²) in [7, 11) is 1.58. The molecule has 2 heterocycles. The molecule has 2 aliphatic heterocycles. The molecular formula is C22H23F2NO4. The van der Waals surface area contributed by atoms with E-state index in [9.17, 15) is 13.6 Å². The van der Waals surface area contributed by atoms with Gasteiger partial charge in [0.15, 0.2) is 23.1 Å². The summed E-state index contributed by atoms with van der Waals surface area (Å²) >= 11 is 0. The number of hydrogen-bond acceptors (Lipinski definition) is 4. The maximum atomic E-state index is 14.0. The molecule has 0 N–H and O–H groups in total. The largest absolute Gasteiger partial charge is 0.493 e. The average Bonchev–Trinajstić information content (AvgIpc) is 3.35. The lowest BCUT2D eigenvalue weighted by Crippen LogP contribution is -2.25. The lowest BCUT2D eigenvalue weighted by molar-refractivity contribution is -0.128. The molecule has 7 heteroatoms. The topological polar surface area (TPSA) is 48.0 Å². The Balaban J connectivity index is 1.50. The minimum Gasteiger partial charge on any atom is -0.493 e. The highest BCUT2D eigenvalue weighted by Gasteiger charge is 2.32. The Labute approximate surface area is 168 Å². The van der Waals surface area contributed by atoms with Crippen LogP contribution in [-0.4, -0.2) is 43.8 Å². The Kier molecular flexibility index (Phi) is 5.67. The fraction of sp³-hybridized carbons (Fsp3) is 0.409. The van der Waals surface area contributed by atoms with Crippen LogP contribution in [0.25, 0.3) is 0 Å². The molecule has 0 bridgehead atoms. The Morgan fingerprint density at radius 3 is 2.83 bits per heavy atom. The van der Waals surface area contributed by atoms with E-state index in [2.05, 4.69) is 0 Å². The van der Waals surface area contributed by atoms with Gasteiger partial charge in [0, 0.05) is 37.4 Å². The molecule has 2 atom stereocenters. The summed E-state index contributed by atoms with van der Waals surface area (Å²) in [6, 6.07) is 9.68. The van der Waals surface area contributed by atoms with E-state index in [1.54, 1.807) is 12.0 Å². The number of benzene rings is 2. The number of likely N-dealkylation sites (tertiary alicyclic amines) is 1. The number of nitrogens with zero attached hydrogens (tertiary/aromatic N) is 1. The Hall–Kier alpha value is -2.67. The van der Waals surface area contributed by atoms with Crippen LogP contribution >= 0.6 is 0 Å².